The van der Waals surface area contributed by atoms with Crippen LogP contribution in [0.2, 0.25) is 0 Å². The van der Waals surface area contributed by atoms with Crippen LogP contribution in [0.4, 0.5) is 0 Å². The highest BCUT2D eigenvalue weighted by Gasteiger charge is 2.40. The van der Waals surface area contributed by atoms with E-state index in [4.69, 9.17) is 10.5 Å². The smallest absolute Gasteiger partial charge is 0.328 e. The van der Waals surface area contributed by atoms with Gasteiger partial charge in [-0.05, 0) is 56.7 Å². The SMILES string of the molecule is CC(C)(C)OC(=O)C(N)c1cccc(CN(C(=O)C(=O)c2c[nH]c3ccccc23)C(C(=O)O)C2CCCCC2)c1. The minimum atomic E-state index is -1.18. The van der Waals surface area contributed by atoms with Gasteiger partial charge in [0.05, 0.1) is 5.56 Å². The van der Waals surface area contributed by atoms with Gasteiger partial charge in [0.25, 0.3) is 11.7 Å². The predicted octanol–water partition coefficient (Wildman–Crippen LogP) is 4.75. The zero-order valence-electron chi connectivity index (χ0n) is 23.2. The van der Waals surface area contributed by atoms with Crippen LogP contribution in [-0.2, 0) is 25.7 Å². The van der Waals surface area contributed by atoms with E-state index in [0.29, 0.717) is 34.9 Å². The molecule has 1 aliphatic rings. The zero-order valence-corrected chi connectivity index (χ0v) is 23.2. The van der Waals surface area contributed by atoms with Gasteiger partial charge in [0, 0.05) is 23.6 Å². The van der Waals surface area contributed by atoms with Crippen LogP contribution in [0.1, 0.15) is 80.4 Å². The summed E-state index contributed by atoms with van der Waals surface area (Å²) in [4.78, 5) is 56.9. The molecule has 9 heteroatoms. The van der Waals surface area contributed by atoms with Crippen molar-refractivity contribution < 1.29 is 29.0 Å². The molecule has 4 N–H and O–H groups in total. The highest BCUT2D eigenvalue weighted by atomic mass is 16.6. The number of fused-ring (bicyclic) bond motifs is 1. The Morgan fingerprint density at radius 1 is 1.05 bits per heavy atom. The van der Waals surface area contributed by atoms with Crippen LogP contribution in [0.25, 0.3) is 10.9 Å². The van der Waals surface area contributed by atoms with Crippen LogP contribution >= 0.6 is 0 Å². The maximum atomic E-state index is 13.9. The van der Waals surface area contributed by atoms with Crippen LogP contribution in [0.5, 0.6) is 0 Å². The molecule has 1 fully saturated rings. The number of benzene rings is 2. The lowest BCUT2D eigenvalue weighted by molar-refractivity contribution is -0.156. The van der Waals surface area contributed by atoms with Crippen molar-refractivity contribution >= 4 is 34.5 Å². The molecule has 0 aliphatic heterocycles. The molecule has 0 bridgehead atoms. The van der Waals surface area contributed by atoms with E-state index >= 15 is 0 Å². The Kier molecular flexibility index (Phi) is 8.73. The highest BCUT2D eigenvalue weighted by Crippen LogP contribution is 2.31. The summed E-state index contributed by atoms with van der Waals surface area (Å²) in [7, 11) is 0. The van der Waals surface area contributed by atoms with Gasteiger partial charge >= 0.3 is 11.9 Å². The number of esters is 1. The van der Waals surface area contributed by atoms with E-state index in [9.17, 15) is 24.3 Å². The van der Waals surface area contributed by atoms with Gasteiger partial charge in [-0.15, -0.1) is 0 Å². The minimum Gasteiger partial charge on any atom is -0.480 e. The summed E-state index contributed by atoms with van der Waals surface area (Å²) in [6.45, 7) is 5.12. The van der Waals surface area contributed by atoms with Crippen LogP contribution in [0, 0.1) is 5.92 Å². The molecular formula is C31H37N3O6. The molecule has 1 heterocycles. The first kappa shape index (κ1) is 29.0. The molecule has 1 saturated carbocycles. The number of carboxylic acids is 1. The second kappa shape index (κ2) is 12.0. The monoisotopic (exact) mass is 547 g/mol. The number of amides is 1. The maximum absolute atomic E-state index is 13.9. The van der Waals surface area contributed by atoms with Crippen molar-refractivity contribution in [2.75, 3.05) is 0 Å². The number of rotatable bonds is 9. The number of H-pyrrole nitrogens is 1. The number of ketones is 1. The summed E-state index contributed by atoms with van der Waals surface area (Å²) in [6, 6.07) is 11.6. The van der Waals surface area contributed by atoms with E-state index in [1.807, 2.05) is 6.07 Å². The number of aliphatic carboxylic acids is 1. The van der Waals surface area contributed by atoms with Gasteiger partial charge in [0.1, 0.15) is 17.7 Å². The van der Waals surface area contributed by atoms with Crippen molar-refractivity contribution in [3.05, 3.63) is 71.4 Å². The largest absolute Gasteiger partial charge is 0.480 e. The van der Waals surface area contributed by atoms with Crippen LogP contribution in [-0.4, -0.2) is 50.3 Å². The molecule has 1 aromatic heterocycles. The van der Waals surface area contributed by atoms with Gasteiger partial charge in [-0.2, -0.15) is 0 Å². The second-order valence-electron chi connectivity index (χ2n) is 11.4. The number of aromatic amines is 1. The normalized spacial score (nSPS) is 15.8. The lowest BCUT2D eigenvalue weighted by atomic mass is 9.82. The fourth-order valence-electron chi connectivity index (χ4n) is 5.42. The molecule has 212 valence electrons. The van der Waals surface area contributed by atoms with E-state index in [2.05, 4.69) is 4.98 Å². The third-order valence-corrected chi connectivity index (χ3v) is 7.30. The van der Waals surface area contributed by atoms with Gasteiger partial charge in [-0.3, -0.25) is 9.59 Å². The molecule has 1 amide bonds. The maximum Gasteiger partial charge on any atom is 0.328 e. The van der Waals surface area contributed by atoms with Crippen molar-refractivity contribution in [1.29, 1.82) is 0 Å². The van der Waals surface area contributed by atoms with E-state index in [1.165, 1.54) is 11.1 Å². The number of hydrogen-bond acceptors (Lipinski definition) is 6. The molecule has 3 aromatic rings. The van der Waals surface area contributed by atoms with Crippen LogP contribution < -0.4 is 5.73 Å². The van der Waals surface area contributed by atoms with Crippen LogP contribution in [0.15, 0.2) is 54.7 Å². The van der Waals surface area contributed by atoms with E-state index in [-0.39, 0.29) is 18.0 Å². The Balaban J connectivity index is 1.68. The molecule has 4 rings (SSSR count). The fraction of sp³-hybridized carbons (Fsp3) is 0.419. The van der Waals surface area contributed by atoms with Gasteiger partial charge in [0.2, 0.25) is 0 Å². The lowest BCUT2D eigenvalue weighted by Gasteiger charge is -2.36. The molecule has 1 aliphatic carbocycles. The Morgan fingerprint density at radius 3 is 2.42 bits per heavy atom. The lowest BCUT2D eigenvalue weighted by Crippen LogP contribution is -2.51. The van der Waals surface area contributed by atoms with E-state index in [0.717, 1.165) is 19.3 Å². The zero-order chi connectivity index (χ0) is 29.0. The summed E-state index contributed by atoms with van der Waals surface area (Å²) in [5.41, 5.74) is 7.39. The first-order chi connectivity index (χ1) is 19.0. The number of nitrogens with zero attached hydrogens (tertiary/aromatic N) is 1. The Morgan fingerprint density at radius 2 is 1.75 bits per heavy atom. The number of aromatic nitrogens is 1. The number of carbonyl (C=O) groups excluding carboxylic acids is 3. The molecule has 2 aromatic carbocycles. The van der Waals surface area contributed by atoms with Crippen molar-refractivity contribution in [2.24, 2.45) is 11.7 Å². The standard InChI is InChI=1S/C31H37N3O6/c1-31(2,3)40-30(39)25(32)21-13-9-10-19(16-21)18-34(26(29(37)38)20-11-5-4-6-12-20)28(36)27(35)23-17-33-24-15-8-7-14-22(23)24/h7-10,13-17,20,25-26,33H,4-6,11-12,18,32H2,1-3H3,(H,37,38). The summed E-state index contributed by atoms with van der Waals surface area (Å²) in [6.07, 6.45) is 5.55. The summed E-state index contributed by atoms with van der Waals surface area (Å²) >= 11 is 0. The molecular weight excluding hydrogens is 510 g/mol. The predicted molar refractivity (Wildman–Crippen MR) is 150 cm³/mol. The number of hydrogen-bond donors (Lipinski definition) is 3. The van der Waals surface area contributed by atoms with Gasteiger partial charge in [-0.1, -0.05) is 61.7 Å². The summed E-state index contributed by atoms with van der Waals surface area (Å²) in [5, 5.41) is 10.9. The van der Waals surface area contributed by atoms with Crippen molar-refractivity contribution in [1.82, 2.24) is 9.88 Å². The number of carbonyl (C=O) groups is 4. The number of ether oxygens (including phenoxy) is 1. The highest BCUT2D eigenvalue weighted by molar-refractivity contribution is 6.45. The van der Waals surface area contributed by atoms with Gasteiger partial charge < -0.3 is 25.5 Å². The number of carboxylic acid groups (broad SMARTS) is 1. The molecule has 2 atom stereocenters. The number of nitrogens with one attached hydrogen (secondary N) is 1. The molecule has 0 saturated heterocycles. The van der Waals surface area contributed by atoms with E-state index in [1.54, 1.807) is 63.2 Å². The molecule has 9 nitrogen and oxygen atoms in total. The number of Topliss-reactive ketones (excluding diaryl/α,β-unsaturated/α-hetero) is 1. The summed E-state index contributed by atoms with van der Waals surface area (Å²) in [5.74, 6) is -3.69. The van der Waals surface area contributed by atoms with Crippen molar-refractivity contribution in [3.63, 3.8) is 0 Å². The minimum absolute atomic E-state index is 0.130. The quantitative estimate of drug-likeness (QED) is 0.199. The molecule has 2 unspecified atom stereocenters. The Hall–Kier alpha value is -3.98. The molecule has 40 heavy (non-hydrogen) atoms. The second-order valence-corrected chi connectivity index (χ2v) is 11.4. The van der Waals surface area contributed by atoms with Crippen molar-refractivity contribution in [2.45, 2.75) is 77.1 Å². The van der Waals surface area contributed by atoms with Gasteiger partial charge in [0.15, 0.2) is 0 Å². The Labute approximate surface area is 233 Å². The fourth-order valence-corrected chi connectivity index (χ4v) is 5.42. The average molecular weight is 548 g/mol. The number of nitrogens with two attached hydrogens (primary N) is 1. The Bertz CT molecular complexity index is 1400. The topological polar surface area (TPSA) is 143 Å². The molecule has 0 spiro atoms. The third kappa shape index (κ3) is 6.59. The van der Waals surface area contributed by atoms with Gasteiger partial charge in [-0.25, -0.2) is 9.59 Å². The van der Waals surface area contributed by atoms with E-state index < -0.39 is 41.3 Å². The van der Waals surface area contributed by atoms with Crippen LogP contribution in [0.3, 0.4) is 0 Å². The number of para-hydroxylation sites is 1. The first-order valence-corrected chi connectivity index (χ1v) is 13.7. The third-order valence-electron chi connectivity index (χ3n) is 7.30. The average Bonchev–Trinajstić information content (AvgIpc) is 3.35. The molecule has 0 radical (unpaired) electrons. The first-order valence-electron chi connectivity index (χ1n) is 13.7. The summed E-state index contributed by atoms with van der Waals surface area (Å²) < 4.78 is 5.42. The van der Waals surface area contributed by atoms with Crippen molar-refractivity contribution in [3.8, 4) is 0 Å².